The van der Waals surface area contributed by atoms with Crippen LogP contribution in [-0.2, 0) is 6.54 Å². The van der Waals surface area contributed by atoms with Gasteiger partial charge in [-0.15, -0.1) is 0 Å². The summed E-state index contributed by atoms with van der Waals surface area (Å²) in [4.78, 5) is 12.3. The molecule has 5 nitrogen and oxygen atoms in total. The van der Waals surface area contributed by atoms with Gasteiger partial charge in [-0.3, -0.25) is 4.90 Å². The van der Waals surface area contributed by atoms with Gasteiger partial charge in [0, 0.05) is 62.9 Å². The van der Waals surface area contributed by atoms with Gasteiger partial charge in [-0.2, -0.15) is 4.39 Å². The molecule has 1 saturated heterocycles. The number of hydrogen-bond donors (Lipinski definition) is 0. The van der Waals surface area contributed by atoms with Gasteiger partial charge in [-0.25, -0.2) is 9.97 Å². The second kappa shape index (κ2) is 6.70. The second-order valence-corrected chi connectivity index (χ2v) is 5.31. The molecule has 0 aliphatic carbocycles. The number of piperazine rings is 1. The predicted octanol–water partition coefficient (Wildman–Crippen LogP) is 1.95. The van der Waals surface area contributed by atoms with E-state index in [2.05, 4.69) is 19.8 Å². The average molecular weight is 302 g/mol. The second-order valence-electron chi connectivity index (χ2n) is 5.31. The van der Waals surface area contributed by atoms with E-state index in [1.807, 2.05) is 18.2 Å². The van der Waals surface area contributed by atoms with E-state index >= 15 is 0 Å². The van der Waals surface area contributed by atoms with Crippen LogP contribution in [0, 0.1) is 5.95 Å². The monoisotopic (exact) mass is 302 g/mol. The summed E-state index contributed by atoms with van der Waals surface area (Å²) in [5, 5.41) is 0. The van der Waals surface area contributed by atoms with Gasteiger partial charge in [0.25, 0.3) is 0 Å². The van der Waals surface area contributed by atoms with Crippen molar-refractivity contribution in [3.8, 4) is 5.88 Å². The number of pyridine rings is 2. The van der Waals surface area contributed by atoms with Gasteiger partial charge in [0.2, 0.25) is 11.8 Å². The zero-order valence-corrected chi connectivity index (χ0v) is 12.6. The van der Waals surface area contributed by atoms with E-state index < -0.39 is 5.95 Å². The highest BCUT2D eigenvalue weighted by molar-refractivity contribution is 5.45. The van der Waals surface area contributed by atoms with Gasteiger partial charge in [0.15, 0.2) is 0 Å². The van der Waals surface area contributed by atoms with Crippen molar-refractivity contribution in [1.82, 2.24) is 14.9 Å². The van der Waals surface area contributed by atoms with Crippen molar-refractivity contribution in [3.63, 3.8) is 0 Å². The van der Waals surface area contributed by atoms with Crippen molar-refractivity contribution in [2.75, 3.05) is 38.2 Å². The number of rotatable bonds is 4. The Kier molecular flexibility index (Phi) is 4.48. The number of methoxy groups -OCH3 is 1. The van der Waals surface area contributed by atoms with Crippen LogP contribution in [0.5, 0.6) is 5.88 Å². The predicted molar refractivity (Wildman–Crippen MR) is 82.5 cm³/mol. The lowest BCUT2D eigenvalue weighted by atomic mass is 10.2. The molecule has 0 spiro atoms. The van der Waals surface area contributed by atoms with Gasteiger partial charge in [-0.05, 0) is 17.7 Å². The minimum absolute atomic E-state index is 0.427. The van der Waals surface area contributed by atoms with Crippen LogP contribution in [0.3, 0.4) is 0 Å². The largest absolute Gasteiger partial charge is 0.481 e. The van der Waals surface area contributed by atoms with E-state index in [4.69, 9.17) is 4.74 Å². The molecule has 2 aromatic heterocycles. The molecule has 0 unspecified atom stereocenters. The van der Waals surface area contributed by atoms with E-state index in [9.17, 15) is 4.39 Å². The van der Waals surface area contributed by atoms with Crippen LogP contribution >= 0.6 is 0 Å². The van der Waals surface area contributed by atoms with Gasteiger partial charge >= 0.3 is 0 Å². The van der Waals surface area contributed by atoms with Crippen LogP contribution < -0.4 is 9.64 Å². The molecule has 2 aromatic rings. The van der Waals surface area contributed by atoms with Crippen molar-refractivity contribution >= 4 is 5.69 Å². The Labute approximate surface area is 129 Å². The number of aromatic nitrogens is 2. The molecule has 3 rings (SSSR count). The Hall–Kier alpha value is -2.21. The van der Waals surface area contributed by atoms with Crippen LogP contribution in [-0.4, -0.2) is 48.2 Å². The molecule has 6 heteroatoms. The lowest BCUT2D eigenvalue weighted by Crippen LogP contribution is -2.46. The fourth-order valence-electron chi connectivity index (χ4n) is 2.67. The number of nitrogens with zero attached hydrogens (tertiary/aromatic N) is 4. The summed E-state index contributed by atoms with van der Waals surface area (Å²) < 4.78 is 18.3. The number of ether oxygens (including phenoxy) is 1. The topological polar surface area (TPSA) is 41.5 Å². The molecule has 0 atom stereocenters. The van der Waals surface area contributed by atoms with Crippen LogP contribution in [0.15, 0.2) is 36.7 Å². The fraction of sp³-hybridized carbons (Fsp3) is 0.375. The van der Waals surface area contributed by atoms with Crippen LogP contribution in [0.1, 0.15) is 5.56 Å². The molecule has 0 bridgehead atoms. The van der Waals surface area contributed by atoms with Crippen molar-refractivity contribution in [2.24, 2.45) is 0 Å². The summed E-state index contributed by atoms with van der Waals surface area (Å²) >= 11 is 0. The maximum absolute atomic E-state index is 13.2. The highest BCUT2D eigenvalue weighted by Gasteiger charge is 2.18. The molecule has 0 N–H and O–H groups in total. The van der Waals surface area contributed by atoms with Crippen LogP contribution in [0.4, 0.5) is 10.1 Å². The van der Waals surface area contributed by atoms with Gasteiger partial charge < -0.3 is 9.64 Å². The SMILES string of the molecule is COc1cc(CN2CCN(c3ccnc(F)c3)CC2)ccn1. The molecule has 0 saturated carbocycles. The first-order chi connectivity index (χ1) is 10.7. The molecule has 1 aliphatic rings. The third kappa shape index (κ3) is 3.51. The minimum Gasteiger partial charge on any atom is -0.481 e. The van der Waals surface area contributed by atoms with Crippen LogP contribution in [0.2, 0.25) is 0 Å². The quantitative estimate of drug-likeness (QED) is 0.808. The Morgan fingerprint density at radius 2 is 1.86 bits per heavy atom. The maximum Gasteiger partial charge on any atom is 0.214 e. The van der Waals surface area contributed by atoms with E-state index in [-0.39, 0.29) is 0 Å². The van der Waals surface area contributed by atoms with Crippen molar-refractivity contribution in [2.45, 2.75) is 6.54 Å². The summed E-state index contributed by atoms with van der Waals surface area (Å²) in [6.45, 7) is 4.51. The summed E-state index contributed by atoms with van der Waals surface area (Å²) in [6.07, 6.45) is 3.28. The first-order valence-corrected chi connectivity index (χ1v) is 7.32. The van der Waals surface area contributed by atoms with Crippen LogP contribution in [0.25, 0.3) is 0 Å². The molecule has 22 heavy (non-hydrogen) atoms. The third-order valence-corrected chi connectivity index (χ3v) is 3.86. The summed E-state index contributed by atoms with van der Waals surface area (Å²) in [5.41, 5.74) is 2.09. The smallest absolute Gasteiger partial charge is 0.214 e. The van der Waals surface area contributed by atoms with Crippen molar-refractivity contribution < 1.29 is 9.13 Å². The number of anilines is 1. The Morgan fingerprint density at radius 1 is 1.09 bits per heavy atom. The van der Waals surface area contributed by atoms with Gasteiger partial charge in [0.1, 0.15) is 0 Å². The number of halogens is 1. The van der Waals surface area contributed by atoms with E-state index in [1.165, 1.54) is 17.8 Å². The minimum atomic E-state index is -0.427. The zero-order chi connectivity index (χ0) is 15.4. The maximum atomic E-state index is 13.2. The Balaban J connectivity index is 1.57. The van der Waals surface area contributed by atoms with Gasteiger partial charge in [-0.1, -0.05) is 0 Å². The summed E-state index contributed by atoms with van der Waals surface area (Å²) in [6, 6.07) is 7.31. The Bertz CT molecular complexity index is 629. The molecule has 116 valence electrons. The fourth-order valence-corrected chi connectivity index (χ4v) is 2.67. The molecule has 0 aromatic carbocycles. The lowest BCUT2D eigenvalue weighted by molar-refractivity contribution is 0.249. The molecule has 3 heterocycles. The highest BCUT2D eigenvalue weighted by Crippen LogP contribution is 2.18. The zero-order valence-electron chi connectivity index (χ0n) is 12.6. The van der Waals surface area contributed by atoms with Crippen molar-refractivity contribution in [1.29, 1.82) is 0 Å². The number of hydrogen-bond acceptors (Lipinski definition) is 5. The first kappa shape index (κ1) is 14.7. The third-order valence-electron chi connectivity index (χ3n) is 3.86. The Morgan fingerprint density at radius 3 is 2.59 bits per heavy atom. The average Bonchev–Trinajstić information content (AvgIpc) is 2.56. The highest BCUT2D eigenvalue weighted by atomic mass is 19.1. The van der Waals surface area contributed by atoms with E-state index in [0.29, 0.717) is 5.88 Å². The van der Waals surface area contributed by atoms with Crippen molar-refractivity contribution in [3.05, 3.63) is 48.2 Å². The molecule has 0 amide bonds. The molecule has 1 fully saturated rings. The normalized spacial score (nSPS) is 15.8. The summed E-state index contributed by atoms with van der Waals surface area (Å²) in [7, 11) is 1.62. The first-order valence-electron chi connectivity index (χ1n) is 7.32. The summed E-state index contributed by atoms with van der Waals surface area (Å²) in [5.74, 6) is 0.215. The molecule has 1 aliphatic heterocycles. The molecule has 0 radical (unpaired) electrons. The van der Waals surface area contributed by atoms with Gasteiger partial charge in [0.05, 0.1) is 7.11 Å². The van der Waals surface area contributed by atoms with E-state index in [1.54, 1.807) is 13.3 Å². The standard InChI is InChI=1S/C16H19FN4O/c1-22-16-10-13(2-4-19-16)12-20-6-8-21(9-7-20)14-3-5-18-15(17)11-14/h2-5,10-11H,6-9,12H2,1H3. The molecular formula is C16H19FN4O. The molecular weight excluding hydrogens is 283 g/mol. The van der Waals surface area contributed by atoms with E-state index in [0.717, 1.165) is 38.4 Å². The lowest BCUT2D eigenvalue weighted by Gasteiger charge is -2.36.